The van der Waals surface area contributed by atoms with Gasteiger partial charge in [-0.25, -0.2) is 12.8 Å². The van der Waals surface area contributed by atoms with Crippen LogP contribution in [0, 0.1) is 5.82 Å². The highest BCUT2D eigenvalue weighted by Crippen LogP contribution is 2.27. The van der Waals surface area contributed by atoms with Gasteiger partial charge in [0.25, 0.3) is 9.05 Å². The van der Waals surface area contributed by atoms with Gasteiger partial charge in [-0.3, -0.25) is 0 Å². The SMILES string of the molecule is C=C(C)COc1ccc(F)cc1S(=O)(=O)Cl. The highest BCUT2D eigenvalue weighted by molar-refractivity contribution is 8.13. The number of rotatable bonds is 4. The van der Waals surface area contributed by atoms with E-state index in [0.29, 0.717) is 5.57 Å². The van der Waals surface area contributed by atoms with Crippen molar-refractivity contribution in [2.75, 3.05) is 6.61 Å². The number of halogens is 2. The molecule has 0 radical (unpaired) electrons. The summed E-state index contributed by atoms with van der Waals surface area (Å²) in [4.78, 5) is -0.379. The summed E-state index contributed by atoms with van der Waals surface area (Å²) in [5.74, 6) is -0.679. The van der Waals surface area contributed by atoms with E-state index in [1.807, 2.05) is 0 Å². The maximum Gasteiger partial charge on any atom is 0.265 e. The van der Waals surface area contributed by atoms with Crippen LogP contribution in [0.3, 0.4) is 0 Å². The lowest BCUT2D eigenvalue weighted by atomic mass is 10.3. The molecule has 0 atom stereocenters. The average molecular weight is 265 g/mol. The molecule has 0 N–H and O–H groups in total. The summed E-state index contributed by atoms with van der Waals surface area (Å²) in [7, 11) is 1.13. The zero-order valence-electron chi connectivity index (χ0n) is 8.54. The molecule has 1 aromatic carbocycles. The Morgan fingerprint density at radius 3 is 2.69 bits per heavy atom. The lowest BCUT2D eigenvalue weighted by Gasteiger charge is -2.09. The molecule has 88 valence electrons. The molecule has 0 aromatic heterocycles. The molecule has 0 saturated carbocycles. The molecule has 0 amide bonds. The molecular weight excluding hydrogens is 255 g/mol. The zero-order chi connectivity index (χ0) is 12.3. The van der Waals surface area contributed by atoms with Crippen LogP contribution in [0.1, 0.15) is 6.92 Å². The molecule has 0 bridgehead atoms. The summed E-state index contributed by atoms with van der Waals surface area (Å²) in [6.45, 7) is 5.46. The summed E-state index contributed by atoms with van der Waals surface area (Å²) in [6, 6.07) is 3.13. The lowest BCUT2D eigenvalue weighted by Crippen LogP contribution is -2.03. The summed E-state index contributed by atoms with van der Waals surface area (Å²) < 4.78 is 40.3. The van der Waals surface area contributed by atoms with Crippen molar-refractivity contribution in [2.24, 2.45) is 0 Å². The van der Waals surface area contributed by atoms with Crippen molar-refractivity contribution >= 4 is 19.7 Å². The molecule has 0 unspecified atom stereocenters. The molecule has 0 spiro atoms. The molecule has 1 aromatic rings. The first-order valence-electron chi connectivity index (χ1n) is 4.32. The Bertz CT molecular complexity index is 511. The van der Waals surface area contributed by atoms with Crippen LogP contribution in [0.15, 0.2) is 35.2 Å². The highest BCUT2D eigenvalue weighted by atomic mass is 35.7. The van der Waals surface area contributed by atoms with Crippen molar-refractivity contribution in [3.63, 3.8) is 0 Å². The minimum atomic E-state index is -4.03. The second kappa shape index (κ2) is 4.84. The molecular formula is C10H10ClFO3S. The Hall–Kier alpha value is -1.07. The van der Waals surface area contributed by atoms with E-state index in [9.17, 15) is 12.8 Å². The van der Waals surface area contributed by atoms with Gasteiger partial charge >= 0.3 is 0 Å². The average Bonchev–Trinajstić information content (AvgIpc) is 2.14. The van der Waals surface area contributed by atoms with Crippen molar-refractivity contribution < 1.29 is 17.5 Å². The molecule has 16 heavy (non-hydrogen) atoms. The molecule has 0 fully saturated rings. The Morgan fingerprint density at radius 1 is 1.56 bits per heavy atom. The van der Waals surface area contributed by atoms with Crippen molar-refractivity contribution in [3.05, 3.63) is 36.2 Å². The van der Waals surface area contributed by atoms with E-state index in [1.165, 1.54) is 6.07 Å². The van der Waals surface area contributed by atoms with Gasteiger partial charge in [0.15, 0.2) is 0 Å². The third-order valence-corrected chi connectivity index (χ3v) is 2.99. The van der Waals surface area contributed by atoms with E-state index >= 15 is 0 Å². The zero-order valence-corrected chi connectivity index (χ0v) is 10.1. The number of hydrogen-bond acceptors (Lipinski definition) is 3. The van der Waals surface area contributed by atoms with Crippen LogP contribution in [-0.2, 0) is 9.05 Å². The topological polar surface area (TPSA) is 43.4 Å². The predicted molar refractivity (Wildman–Crippen MR) is 59.7 cm³/mol. The van der Waals surface area contributed by atoms with Gasteiger partial charge in [-0.1, -0.05) is 6.58 Å². The monoisotopic (exact) mass is 264 g/mol. The van der Waals surface area contributed by atoms with E-state index in [2.05, 4.69) is 6.58 Å². The molecule has 0 aliphatic rings. The van der Waals surface area contributed by atoms with Gasteiger partial charge in [-0.05, 0) is 30.7 Å². The summed E-state index contributed by atoms with van der Waals surface area (Å²) in [5, 5.41) is 0. The fourth-order valence-electron chi connectivity index (χ4n) is 0.993. The van der Waals surface area contributed by atoms with Gasteiger partial charge in [0.05, 0.1) is 0 Å². The Labute approximate surface area is 97.9 Å². The molecule has 6 heteroatoms. The van der Waals surface area contributed by atoms with E-state index in [0.717, 1.165) is 12.1 Å². The first kappa shape index (κ1) is 13.0. The van der Waals surface area contributed by atoms with Crippen LogP contribution in [0.2, 0.25) is 0 Å². The Morgan fingerprint density at radius 2 is 2.19 bits per heavy atom. The minimum Gasteiger partial charge on any atom is -0.488 e. The van der Waals surface area contributed by atoms with Crippen LogP contribution < -0.4 is 4.74 Å². The normalized spacial score (nSPS) is 11.2. The molecule has 0 aliphatic heterocycles. The standard InChI is InChI=1S/C10H10ClFO3S/c1-7(2)6-15-9-4-3-8(12)5-10(9)16(11,13)14/h3-5H,1,6H2,2H3. The van der Waals surface area contributed by atoms with Crippen molar-refractivity contribution in [3.8, 4) is 5.75 Å². The molecule has 0 aliphatic carbocycles. The quantitative estimate of drug-likeness (QED) is 0.620. The third-order valence-electron chi connectivity index (χ3n) is 1.64. The number of hydrogen-bond donors (Lipinski definition) is 0. The summed E-state index contributed by atoms with van der Waals surface area (Å²) in [6.07, 6.45) is 0. The minimum absolute atomic E-state index is 0.0133. The van der Waals surface area contributed by atoms with Crippen molar-refractivity contribution in [2.45, 2.75) is 11.8 Å². The van der Waals surface area contributed by atoms with Crippen LogP contribution >= 0.6 is 10.7 Å². The fraction of sp³-hybridized carbons (Fsp3) is 0.200. The number of ether oxygens (including phenoxy) is 1. The van der Waals surface area contributed by atoms with Crippen molar-refractivity contribution in [1.29, 1.82) is 0 Å². The molecule has 3 nitrogen and oxygen atoms in total. The Balaban J connectivity index is 3.13. The van der Waals surface area contributed by atoms with Crippen molar-refractivity contribution in [1.82, 2.24) is 0 Å². The second-order valence-electron chi connectivity index (χ2n) is 3.27. The van der Waals surface area contributed by atoms with E-state index < -0.39 is 14.9 Å². The Kier molecular flexibility index (Phi) is 3.93. The molecule has 1 rings (SSSR count). The van der Waals surface area contributed by atoms with Gasteiger partial charge in [-0.15, -0.1) is 0 Å². The van der Waals surface area contributed by atoms with E-state index in [4.69, 9.17) is 15.4 Å². The first-order valence-corrected chi connectivity index (χ1v) is 6.63. The van der Waals surface area contributed by atoms with Gasteiger partial charge in [0, 0.05) is 10.7 Å². The summed E-state index contributed by atoms with van der Waals surface area (Å²) >= 11 is 0. The van der Waals surface area contributed by atoms with Gasteiger partial charge in [0.1, 0.15) is 23.1 Å². The maximum absolute atomic E-state index is 12.9. The summed E-state index contributed by atoms with van der Waals surface area (Å²) in [5.41, 5.74) is 0.710. The van der Waals surface area contributed by atoms with E-state index in [1.54, 1.807) is 6.92 Å². The van der Waals surface area contributed by atoms with Gasteiger partial charge in [0.2, 0.25) is 0 Å². The fourth-order valence-corrected chi connectivity index (χ4v) is 1.98. The second-order valence-corrected chi connectivity index (χ2v) is 5.81. The third kappa shape index (κ3) is 3.50. The first-order chi connectivity index (χ1) is 7.30. The van der Waals surface area contributed by atoms with Crippen LogP contribution in [0.25, 0.3) is 0 Å². The van der Waals surface area contributed by atoms with Crippen LogP contribution in [-0.4, -0.2) is 15.0 Å². The smallest absolute Gasteiger partial charge is 0.265 e. The van der Waals surface area contributed by atoms with E-state index in [-0.39, 0.29) is 17.3 Å². The van der Waals surface area contributed by atoms with Crippen LogP contribution in [0.5, 0.6) is 5.75 Å². The molecule has 0 heterocycles. The maximum atomic E-state index is 12.9. The molecule has 0 saturated heterocycles. The largest absolute Gasteiger partial charge is 0.488 e. The highest BCUT2D eigenvalue weighted by Gasteiger charge is 2.17. The van der Waals surface area contributed by atoms with Gasteiger partial charge < -0.3 is 4.74 Å². The van der Waals surface area contributed by atoms with Crippen LogP contribution in [0.4, 0.5) is 4.39 Å². The van der Waals surface area contributed by atoms with Gasteiger partial charge in [-0.2, -0.15) is 0 Å². The lowest BCUT2D eigenvalue weighted by molar-refractivity contribution is 0.342. The number of benzene rings is 1. The predicted octanol–water partition coefficient (Wildman–Crippen LogP) is 2.71.